The lowest BCUT2D eigenvalue weighted by Crippen LogP contribution is -2.35. The summed E-state index contributed by atoms with van der Waals surface area (Å²) in [5, 5.41) is 12.4. The lowest BCUT2D eigenvalue weighted by atomic mass is 10.1. The Balaban J connectivity index is 2.50. The van der Waals surface area contributed by atoms with Gasteiger partial charge in [-0.15, -0.1) is 0 Å². The summed E-state index contributed by atoms with van der Waals surface area (Å²) < 4.78 is 5.12. The van der Waals surface area contributed by atoms with Gasteiger partial charge < -0.3 is 15.2 Å². The van der Waals surface area contributed by atoms with E-state index < -0.39 is 0 Å². The molecule has 90 valence electrons. The summed E-state index contributed by atoms with van der Waals surface area (Å²) in [7, 11) is 1.68. The predicted octanol–water partition coefficient (Wildman–Crippen LogP) is 1.73. The van der Waals surface area contributed by atoms with Gasteiger partial charge in [-0.25, -0.2) is 0 Å². The number of nitrogens with one attached hydrogen (secondary N) is 1. The highest BCUT2D eigenvalue weighted by Gasteiger charge is 2.12. The highest BCUT2D eigenvalue weighted by molar-refractivity contribution is 5.18. The maximum absolute atomic E-state index is 8.95. The zero-order chi connectivity index (χ0) is 11.8. The minimum Gasteiger partial charge on any atom is -0.396 e. The molecule has 3 heteroatoms. The highest BCUT2D eigenvalue weighted by atomic mass is 16.5. The molecule has 0 aliphatic rings. The molecule has 0 aromatic heterocycles. The van der Waals surface area contributed by atoms with Gasteiger partial charge in [-0.05, 0) is 18.9 Å². The van der Waals surface area contributed by atoms with Crippen LogP contribution in [0.5, 0.6) is 0 Å². The van der Waals surface area contributed by atoms with Gasteiger partial charge in [0.15, 0.2) is 0 Å². The lowest BCUT2D eigenvalue weighted by Gasteiger charge is -2.22. The van der Waals surface area contributed by atoms with Gasteiger partial charge in [0.1, 0.15) is 0 Å². The molecule has 2 N–H and O–H groups in total. The Morgan fingerprint density at radius 3 is 2.56 bits per heavy atom. The van der Waals surface area contributed by atoms with Crippen LogP contribution < -0.4 is 5.32 Å². The average molecular weight is 223 g/mol. The number of hydrogen-bond acceptors (Lipinski definition) is 3. The molecule has 2 atom stereocenters. The summed E-state index contributed by atoms with van der Waals surface area (Å²) >= 11 is 0. The average Bonchev–Trinajstić information content (AvgIpc) is 2.31. The Bertz CT molecular complexity index is 271. The molecule has 0 heterocycles. The van der Waals surface area contributed by atoms with E-state index in [9.17, 15) is 0 Å². The standard InChI is InChI=1S/C13H21NO2/c1-11(12-6-4-3-5-7-12)14-13(8-9-15)10-16-2/h3-7,11,13-15H,8-10H2,1-2H3. The molecule has 3 nitrogen and oxygen atoms in total. The molecule has 0 fully saturated rings. The first kappa shape index (κ1) is 13.2. The summed E-state index contributed by atoms with van der Waals surface area (Å²) in [6.45, 7) is 2.93. The van der Waals surface area contributed by atoms with Crippen LogP contribution >= 0.6 is 0 Å². The Labute approximate surface area is 97.4 Å². The molecule has 1 rings (SSSR count). The fourth-order valence-corrected chi connectivity index (χ4v) is 1.76. The number of methoxy groups -OCH3 is 1. The van der Waals surface area contributed by atoms with E-state index in [0.717, 1.165) is 0 Å². The Morgan fingerprint density at radius 2 is 2.00 bits per heavy atom. The minimum atomic E-state index is 0.183. The van der Waals surface area contributed by atoms with E-state index in [-0.39, 0.29) is 18.7 Å². The van der Waals surface area contributed by atoms with Crippen molar-refractivity contribution in [2.24, 2.45) is 0 Å². The molecule has 0 spiro atoms. The van der Waals surface area contributed by atoms with Crippen LogP contribution in [0.25, 0.3) is 0 Å². The quantitative estimate of drug-likeness (QED) is 0.739. The van der Waals surface area contributed by atoms with Crippen molar-refractivity contribution in [3.05, 3.63) is 35.9 Å². The first-order valence-corrected chi connectivity index (χ1v) is 5.68. The number of hydrogen-bond donors (Lipinski definition) is 2. The van der Waals surface area contributed by atoms with E-state index in [1.54, 1.807) is 7.11 Å². The summed E-state index contributed by atoms with van der Waals surface area (Å²) in [5.41, 5.74) is 1.25. The SMILES string of the molecule is COCC(CCO)NC(C)c1ccccc1. The van der Waals surface area contributed by atoms with Crippen LogP contribution in [0.1, 0.15) is 24.9 Å². The third kappa shape index (κ3) is 4.31. The minimum absolute atomic E-state index is 0.183. The topological polar surface area (TPSA) is 41.5 Å². The van der Waals surface area contributed by atoms with Crippen LogP contribution in [-0.4, -0.2) is 31.5 Å². The second kappa shape index (κ2) is 7.39. The van der Waals surface area contributed by atoms with Gasteiger partial charge in [-0.2, -0.15) is 0 Å². The molecule has 1 aromatic carbocycles. The summed E-state index contributed by atoms with van der Waals surface area (Å²) in [6, 6.07) is 10.7. The second-order valence-corrected chi connectivity index (χ2v) is 3.96. The van der Waals surface area contributed by atoms with Crippen molar-refractivity contribution in [1.82, 2.24) is 5.32 Å². The zero-order valence-corrected chi connectivity index (χ0v) is 10.0. The molecular weight excluding hydrogens is 202 g/mol. The predicted molar refractivity (Wildman–Crippen MR) is 65.4 cm³/mol. The smallest absolute Gasteiger partial charge is 0.0616 e. The number of aliphatic hydroxyl groups is 1. The molecule has 1 aromatic rings. The van der Waals surface area contributed by atoms with Crippen molar-refractivity contribution < 1.29 is 9.84 Å². The van der Waals surface area contributed by atoms with Crippen molar-refractivity contribution >= 4 is 0 Å². The summed E-state index contributed by atoms with van der Waals surface area (Å²) in [5.74, 6) is 0. The number of aliphatic hydroxyl groups excluding tert-OH is 1. The Hall–Kier alpha value is -0.900. The van der Waals surface area contributed by atoms with Gasteiger partial charge in [0.25, 0.3) is 0 Å². The van der Waals surface area contributed by atoms with Crippen LogP contribution in [-0.2, 0) is 4.74 Å². The van der Waals surface area contributed by atoms with E-state index >= 15 is 0 Å². The highest BCUT2D eigenvalue weighted by Crippen LogP contribution is 2.12. The second-order valence-electron chi connectivity index (χ2n) is 3.96. The normalized spacial score (nSPS) is 14.7. The fraction of sp³-hybridized carbons (Fsp3) is 0.538. The maximum Gasteiger partial charge on any atom is 0.0616 e. The zero-order valence-electron chi connectivity index (χ0n) is 10.0. The molecular formula is C13H21NO2. The first-order chi connectivity index (χ1) is 7.77. The number of ether oxygens (including phenoxy) is 1. The molecule has 0 amide bonds. The first-order valence-electron chi connectivity index (χ1n) is 5.68. The summed E-state index contributed by atoms with van der Waals surface area (Å²) in [6.07, 6.45) is 0.713. The monoisotopic (exact) mass is 223 g/mol. The van der Waals surface area contributed by atoms with E-state index in [2.05, 4.69) is 24.4 Å². The third-order valence-corrected chi connectivity index (χ3v) is 2.63. The molecule has 0 aliphatic heterocycles. The van der Waals surface area contributed by atoms with E-state index in [4.69, 9.17) is 9.84 Å². The Kier molecular flexibility index (Phi) is 6.08. The molecule has 16 heavy (non-hydrogen) atoms. The maximum atomic E-state index is 8.95. The van der Waals surface area contributed by atoms with Crippen molar-refractivity contribution in [3.8, 4) is 0 Å². The van der Waals surface area contributed by atoms with Gasteiger partial charge >= 0.3 is 0 Å². The molecule has 0 saturated carbocycles. The molecule has 0 aliphatic carbocycles. The van der Waals surface area contributed by atoms with Gasteiger partial charge in [0.05, 0.1) is 6.61 Å². The lowest BCUT2D eigenvalue weighted by molar-refractivity contribution is 0.143. The largest absolute Gasteiger partial charge is 0.396 e. The van der Waals surface area contributed by atoms with Crippen LogP contribution in [0, 0.1) is 0 Å². The van der Waals surface area contributed by atoms with Crippen LogP contribution in [0.2, 0.25) is 0 Å². The van der Waals surface area contributed by atoms with Gasteiger partial charge in [0, 0.05) is 25.8 Å². The number of rotatable bonds is 7. The van der Waals surface area contributed by atoms with E-state index in [0.29, 0.717) is 13.0 Å². The molecule has 0 radical (unpaired) electrons. The van der Waals surface area contributed by atoms with Crippen LogP contribution in [0.15, 0.2) is 30.3 Å². The van der Waals surface area contributed by atoms with Crippen molar-refractivity contribution in [3.63, 3.8) is 0 Å². The Morgan fingerprint density at radius 1 is 1.31 bits per heavy atom. The number of benzene rings is 1. The third-order valence-electron chi connectivity index (χ3n) is 2.63. The van der Waals surface area contributed by atoms with Gasteiger partial charge in [-0.3, -0.25) is 0 Å². The molecule has 2 unspecified atom stereocenters. The van der Waals surface area contributed by atoms with Crippen LogP contribution in [0.4, 0.5) is 0 Å². The van der Waals surface area contributed by atoms with E-state index in [1.165, 1.54) is 5.56 Å². The molecule has 0 bridgehead atoms. The van der Waals surface area contributed by atoms with E-state index in [1.807, 2.05) is 18.2 Å². The van der Waals surface area contributed by atoms with Crippen molar-refractivity contribution in [1.29, 1.82) is 0 Å². The van der Waals surface area contributed by atoms with Gasteiger partial charge in [-0.1, -0.05) is 30.3 Å². The molecule has 0 saturated heterocycles. The van der Waals surface area contributed by atoms with Gasteiger partial charge in [0.2, 0.25) is 0 Å². The van der Waals surface area contributed by atoms with Crippen molar-refractivity contribution in [2.45, 2.75) is 25.4 Å². The fourth-order valence-electron chi connectivity index (χ4n) is 1.76. The summed E-state index contributed by atoms with van der Waals surface area (Å²) in [4.78, 5) is 0. The van der Waals surface area contributed by atoms with Crippen LogP contribution in [0.3, 0.4) is 0 Å². The van der Waals surface area contributed by atoms with Crippen molar-refractivity contribution in [2.75, 3.05) is 20.3 Å².